The smallest absolute Gasteiger partial charge is 0.199 e. The summed E-state index contributed by atoms with van der Waals surface area (Å²) in [6.45, 7) is 5.99. The van der Waals surface area contributed by atoms with E-state index in [0.29, 0.717) is 29.0 Å². The van der Waals surface area contributed by atoms with Crippen LogP contribution < -0.4 is 0 Å². The molecule has 0 N–H and O–H groups in total. The van der Waals surface area contributed by atoms with E-state index in [1.807, 2.05) is 32.9 Å². The van der Waals surface area contributed by atoms with Gasteiger partial charge in [-0.15, -0.1) is 11.3 Å². The fraction of sp³-hybridized carbons (Fsp3) is 0.318. The largest absolute Gasteiger partial charge is 0.353 e. The number of thiophene rings is 1. The highest BCUT2D eigenvalue weighted by Gasteiger charge is 2.37. The van der Waals surface area contributed by atoms with Crippen LogP contribution in [0.4, 0.5) is 0 Å². The molecule has 9 heteroatoms. The summed E-state index contributed by atoms with van der Waals surface area (Å²) >= 11 is 6.96. The van der Waals surface area contributed by atoms with Crippen molar-refractivity contribution in [3.8, 4) is 11.3 Å². The first-order valence-corrected chi connectivity index (χ1v) is 12.5. The molecular formula is C22H22ClNO5S2. The average Bonchev–Trinajstić information content (AvgIpc) is 3.27. The van der Waals surface area contributed by atoms with Crippen molar-refractivity contribution in [2.75, 3.05) is 6.26 Å². The van der Waals surface area contributed by atoms with Crippen LogP contribution in [-0.4, -0.2) is 31.9 Å². The minimum atomic E-state index is -3.30. The van der Waals surface area contributed by atoms with E-state index in [-0.39, 0.29) is 21.2 Å². The molecule has 1 aliphatic carbocycles. The van der Waals surface area contributed by atoms with Gasteiger partial charge in [-0.25, -0.2) is 8.42 Å². The summed E-state index contributed by atoms with van der Waals surface area (Å²) in [5.41, 5.74) is 2.84. The van der Waals surface area contributed by atoms with Gasteiger partial charge in [0, 0.05) is 34.2 Å². The van der Waals surface area contributed by atoms with Crippen LogP contribution >= 0.6 is 22.9 Å². The average molecular weight is 480 g/mol. The zero-order valence-corrected chi connectivity index (χ0v) is 20.0. The van der Waals surface area contributed by atoms with Crippen LogP contribution in [0.1, 0.15) is 51.6 Å². The number of carbonyl (C=O) groups excluding carboxylic acids is 2. The molecule has 0 atom stereocenters. The van der Waals surface area contributed by atoms with E-state index >= 15 is 0 Å². The highest BCUT2D eigenvalue weighted by atomic mass is 35.5. The predicted octanol–water partition coefficient (Wildman–Crippen LogP) is 5.42. The van der Waals surface area contributed by atoms with Crippen LogP contribution in [0.15, 0.2) is 39.1 Å². The minimum absolute atomic E-state index is 0.0268. The van der Waals surface area contributed by atoms with Gasteiger partial charge in [0.15, 0.2) is 27.7 Å². The standard InChI is InChI=1S/C12H16O3S2.C10H6ClNO2/c1-7-8-5-12(2,3)6-9(13)10(8)11(16-7)17(4,14)15;11-8-3-1-7(2-4-8)10-5-9(6-13)14-12-10/h5-6H2,1-4H3;1-6H. The fourth-order valence-electron chi connectivity index (χ4n) is 3.47. The Balaban J connectivity index is 0.000000179. The predicted molar refractivity (Wildman–Crippen MR) is 121 cm³/mol. The maximum atomic E-state index is 12.1. The first-order valence-electron chi connectivity index (χ1n) is 9.44. The Morgan fingerprint density at radius 2 is 1.84 bits per heavy atom. The van der Waals surface area contributed by atoms with Crippen molar-refractivity contribution in [2.24, 2.45) is 5.41 Å². The number of aromatic nitrogens is 1. The second-order valence-electron chi connectivity index (χ2n) is 8.25. The summed E-state index contributed by atoms with van der Waals surface area (Å²) in [6, 6.07) is 8.72. The zero-order valence-electron chi connectivity index (χ0n) is 17.6. The number of rotatable bonds is 3. The molecule has 164 valence electrons. The third-order valence-corrected chi connectivity index (χ3v) is 8.10. The van der Waals surface area contributed by atoms with Crippen molar-refractivity contribution < 1.29 is 22.5 Å². The number of carbonyl (C=O) groups is 2. The van der Waals surface area contributed by atoms with Crippen molar-refractivity contribution >= 4 is 44.8 Å². The maximum absolute atomic E-state index is 12.1. The first-order chi connectivity index (χ1) is 14.4. The number of halogens is 1. The lowest BCUT2D eigenvalue weighted by Gasteiger charge is -2.29. The number of hydrogen-bond acceptors (Lipinski definition) is 7. The molecule has 0 unspecified atom stereocenters. The van der Waals surface area contributed by atoms with Crippen LogP contribution in [0.3, 0.4) is 0 Å². The number of hydrogen-bond donors (Lipinski definition) is 0. The summed E-state index contributed by atoms with van der Waals surface area (Å²) in [6.07, 6.45) is 3.00. The number of aldehydes is 1. The van der Waals surface area contributed by atoms with E-state index in [2.05, 4.69) is 5.16 Å². The molecule has 0 saturated carbocycles. The van der Waals surface area contributed by atoms with Crippen molar-refractivity contribution in [1.29, 1.82) is 0 Å². The van der Waals surface area contributed by atoms with Crippen LogP contribution in [0, 0.1) is 12.3 Å². The molecule has 2 aromatic heterocycles. The Labute approximate surface area is 190 Å². The van der Waals surface area contributed by atoms with Gasteiger partial charge in [0.05, 0.1) is 5.56 Å². The lowest BCUT2D eigenvalue weighted by molar-refractivity contribution is 0.0909. The van der Waals surface area contributed by atoms with Gasteiger partial charge in [-0.2, -0.15) is 0 Å². The molecule has 0 aliphatic heterocycles. The summed E-state index contributed by atoms with van der Waals surface area (Å²) in [7, 11) is -3.30. The second kappa shape index (κ2) is 8.68. The Bertz CT molecular complexity index is 1240. The number of sulfone groups is 1. The molecule has 6 nitrogen and oxygen atoms in total. The van der Waals surface area contributed by atoms with Crippen molar-refractivity contribution in [3.63, 3.8) is 0 Å². The molecule has 31 heavy (non-hydrogen) atoms. The van der Waals surface area contributed by atoms with Crippen LogP contribution in [0.5, 0.6) is 0 Å². The number of aryl methyl sites for hydroxylation is 1. The molecular weight excluding hydrogens is 458 g/mol. The molecule has 0 spiro atoms. The van der Waals surface area contributed by atoms with Crippen LogP contribution in [0.25, 0.3) is 11.3 Å². The number of benzene rings is 1. The first kappa shape index (κ1) is 23.4. The topological polar surface area (TPSA) is 94.3 Å². The molecule has 0 fully saturated rings. The molecule has 1 aliphatic rings. The quantitative estimate of drug-likeness (QED) is 0.465. The van der Waals surface area contributed by atoms with Gasteiger partial charge in [0.2, 0.25) is 0 Å². The van der Waals surface area contributed by atoms with E-state index in [0.717, 1.165) is 22.4 Å². The van der Waals surface area contributed by atoms with Gasteiger partial charge in [-0.05, 0) is 36.5 Å². The fourth-order valence-corrected chi connectivity index (χ4v) is 6.10. The molecule has 3 aromatic rings. The summed E-state index contributed by atoms with van der Waals surface area (Å²) in [4.78, 5) is 23.4. The molecule has 0 radical (unpaired) electrons. The van der Waals surface area contributed by atoms with Crippen LogP contribution in [0.2, 0.25) is 5.02 Å². The minimum Gasteiger partial charge on any atom is -0.353 e. The zero-order chi connectivity index (χ0) is 23.0. The Morgan fingerprint density at radius 3 is 2.39 bits per heavy atom. The van der Waals surface area contributed by atoms with E-state index in [9.17, 15) is 18.0 Å². The third kappa shape index (κ3) is 5.31. The second-order valence-corrected chi connectivity index (χ2v) is 12.1. The highest BCUT2D eigenvalue weighted by molar-refractivity contribution is 7.92. The summed E-state index contributed by atoms with van der Waals surface area (Å²) in [5, 5.41) is 4.40. The molecule has 1 aromatic carbocycles. The molecule has 2 heterocycles. The normalized spacial score (nSPS) is 15.1. The Kier molecular flexibility index (Phi) is 6.55. The van der Waals surface area contributed by atoms with Gasteiger partial charge in [-0.3, -0.25) is 9.59 Å². The molecule has 4 rings (SSSR count). The van der Waals surface area contributed by atoms with E-state index in [1.54, 1.807) is 18.2 Å². The number of fused-ring (bicyclic) bond motifs is 1. The van der Waals surface area contributed by atoms with Crippen LogP contribution in [-0.2, 0) is 16.3 Å². The van der Waals surface area contributed by atoms with Gasteiger partial charge in [-0.1, -0.05) is 42.7 Å². The molecule has 0 amide bonds. The number of Topliss-reactive ketones (excluding diaryl/α,β-unsaturated/α-hetero) is 1. The third-order valence-electron chi connectivity index (χ3n) is 4.87. The van der Waals surface area contributed by atoms with Crippen molar-refractivity contribution in [1.82, 2.24) is 5.16 Å². The lowest BCUT2D eigenvalue weighted by atomic mass is 9.74. The summed E-state index contributed by atoms with van der Waals surface area (Å²) < 4.78 is 28.4. The van der Waals surface area contributed by atoms with Gasteiger partial charge in [0.25, 0.3) is 0 Å². The lowest BCUT2D eigenvalue weighted by Crippen LogP contribution is -2.27. The maximum Gasteiger partial charge on any atom is 0.199 e. The SMILES string of the molecule is Cc1sc(S(C)(=O)=O)c2c1CC(C)(C)CC2=O.O=Cc1cc(-c2ccc(Cl)cc2)no1. The Hall–Kier alpha value is -2.29. The van der Waals surface area contributed by atoms with E-state index in [4.69, 9.17) is 16.1 Å². The van der Waals surface area contributed by atoms with Gasteiger partial charge in [0.1, 0.15) is 9.90 Å². The van der Waals surface area contributed by atoms with Gasteiger partial charge < -0.3 is 4.52 Å². The van der Waals surface area contributed by atoms with E-state index in [1.165, 1.54) is 17.6 Å². The molecule has 0 saturated heterocycles. The number of nitrogens with zero attached hydrogens (tertiary/aromatic N) is 1. The van der Waals surface area contributed by atoms with Crippen molar-refractivity contribution in [2.45, 2.75) is 37.8 Å². The highest BCUT2D eigenvalue weighted by Crippen LogP contribution is 2.42. The summed E-state index contributed by atoms with van der Waals surface area (Å²) in [5.74, 6) is 0.191. The number of ketones is 1. The van der Waals surface area contributed by atoms with E-state index < -0.39 is 9.84 Å². The van der Waals surface area contributed by atoms with Crippen molar-refractivity contribution in [3.05, 3.63) is 57.1 Å². The Morgan fingerprint density at radius 1 is 1.19 bits per heavy atom. The molecule has 0 bridgehead atoms. The van der Waals surface area contributed by atoms with Gasteiger partial charge >= 0.3 is 0 Å². The monoisotopic (exact) mass is 479 g/mol.